The molecule has 4 heteroatoms. The highest BCUT2D eigenvalue weighted by atomic mass is 79.9. The normalized spacial score (nSPS) is 23.4. The van der Waals surface area contributed by atoms with Crippen molar-refractivity contribution in [2.45, 2.75) is 18.8 Å². The molecule has 0 radical (unpaired) electrons. The molecule has 1 aliphatic heterocycles. The summed E-state index contributed by atoms with van der Waals surface area (Å²) in [5, 5.41) is 3.42. The fourth-order valence-corrected chi connectivity index (χ4v) is 2.65. The van der Waals surface area contributed by atoms with Crippen LogP contribution in [0.3, 0.4) is 0 Å². The number of aromatic nitrogens is 2. The highest BCUT2D eigenvalue weighted by Crippen LogP contribution is 2.28. The Morgan fingerprint density at radius 3 is 3.08 bits per heavy atom. The maximum atomic E-state index is 4.24. The van der Waals surface area contributed by atoms with Gasteiger partial charge in [0, 0.05) is 19.5 Å². The average Bonchev–Trinajstić information content (AvgIpc) is 2.48. The van der Waals surface area contributed by atoms with Gasteiger partial charge < -0.3 is 9.88 Å². The van der Waals surface area contributed by atoms with Crippen LogP contribution in [0.1, 0.15) is 24.5 Å². The van der Waals surface area contributed by atoms with Crippen LogP contribution < -0.4 is 5.32 Å². The van der Waals surface area contributed by atoms with E-state index in [-0.39, 0.29) is 0 Å². The van der Waals surface area contributed by atoms with E-state index in [0.717, 1.165) is 17.7 Å². The molecule has 1 aromatic heterocycles. The quantitative estimate of drug-likeness (QED) is 0.814. The monoisotopic (exact) mass is 243 g/mol. The summed E-state index contributed by atoms with van der Waals surface area (Å²) in [5.41, 5.74) is 1.33. The van der Waals surface area contributed by atoms with Gasteiger partial charge >= 0.3 is 0 Å². The Hall–Kier alpha value is -0.350. The zero-order valence-electron chi connectivity index (χ0n) is 7.76. The van der Waals surface area contributed by atoms with E-state index in [2.05, 4.69) is 37.8 Å². The van der Waals surface area contributed by atoms with Crippen molar-refractivity contribution in [3.63, 3.8) is 0 Å². The standard InChI is InChI=1S/C9H14BrN3/c1-13-6-12-9(10)8(13)7-3-2-4-11-5-7/h6-7,11H,2-5H2,1H3. The SMILES string of the molecule is Cn1cnc(Br)c1C1CCCNC1. The number of hydrogen-bond acceptors (Lipinski definition) is 2. The van der Waals surface area contributed by atoms with E-state index in [4.69, 9.17) is 0 Å². The molecule has 2 heterocycles. The summed E-state index contributed by atoms with van der Waals surface area (Å²) in [6.45, 7) is 2.24. The molecular weight excluding hydrogens is 230 g/mol. The lowest BCUT2D eigenvalue weighted by Gasteiger charge is -2.23. The Morgan fingerprint density at radius 2 is 2.54 bits per heavy atom. The summed E-state index contributed by atoms with van der Waals surface area (Å²) >= 11 is 3.49. The Balaban J connectivity index is 2.22. The van der Waals surface area contributed by atoms with E-state index < -0.39 is 0 Å². The third kappa shape index (κ3) is 1.79. The Labute approximate surface area is 86.7 Å². The zero-order chi connectivity index (χ0) is 9.26. The van der Waals surface area contributed by atoms with Gasteiger partial charge in [0.25, 0.3) is 0 Å². The molecule has 2 rings (SSSR count). The number of imidazole rings is 1. The maximum absolute atomic E-state index is 4.24. The largest absolute Gasteiger partial charge is 0.336 e. The molecule has 0 saturated carbocycles. The van der Waals surface area contributed by atoms with Gasteiger partial charge in [0.15, 0.2) is 0 Å². The first-order valence-electron chi connectivity index (χ1n) is 4.66. The first kappa shape index (κ1) is 9.21. The Bertz CT molecular complexity index is 270. The molecule has 72 valence electrons. The van der Waals surface area contributed by atoms with Crippen molar-refractivity contribution in [3.05, 3.63) is 16.6 Å². The van der Waals surface area contributed by atoms with Gasteiger partial charge in [0.05, 0.1) is 12.0 Å². The van der Waals surface area contributed by atoms with Crippen LogP contribution in [-0.4, -0.2) is 22.6 Å². The number of hydrogen-bond donors (Lipinski definition) is 1. The van der Waals surface area contributed by atoms with Crippen molar-refractivity contribution in [3.8, 4) is 0 Å². The fraction of sp³-hybridized carbons (Fsp3) is 0.667. The number of rotatable bonds is 1. The van der Waals surface area contributed by atoms with E-state index in [1.807, 2.05) is 6.33 Å². The van der Waals surface area contributed by atoms with Crippen molar-refractivity contribution in [1.29, 1.82) is 0 Å². The molecule has 1 aliphatic rings. The minimum atomic E-state index is 0.621. The summed E-state index contributed by atoms with van der Waals surface area (Å²) in [4.78, 5) is 4.24. The molecule has 1 aromatic rings. The van der Waals surface area contributed by atoms with Gasteiger partial charge in [-0.05, 0) is 35.3 Å². The maximum Gasteiger partial charge on any atom is 0.127 e. The van der Waals surface area contributed by atoms with E-state index >= 15 is 0 Å². The lowest BCUT2D eigenvalue weighted by Crippen LogP contribution is -2.29. The molecule has 13 heavy (non-hydrogen) atoms. The number of piperidine rings is 1. The third-order valence-electron chi connectivity index (χ3n) is 2.62. The van der Waals surface area contributed by atoms with Crippen LogP contribution in [0.2, 0.25) is 0 Å². The molecule has 1 N–H and O–H groups in total. The van der Waals surface area contributed by atoms with Crippen LogP contribution in [0.15, 0.2) is 10.9 Å². The molecule has 1 saturated heterocycles. The first-order valence-corrected chi connectivity index (χ1v) is 5.46. The topological polar surface area (TPSA) is 29.9 Å². The minimum absolute atomic E-state index is 0.621. The lowest BCUT2D eigenvalue weighted by atomic mass is 9.97. The van der Waals surface area contributed by atoms with Gasteiger partial charge in [-0.25, -0.2) is 4.98 Å². The molecule has 0 amide bonds. The second-order valence-electron chi connectivity index (χ2n) is 3.57. The first-order chi connectivity index (χ1) is 6.29. The predicted octanol–water partition coefficient (Wildman–Crippen LogP) is 1.65. The summed E-state index contributed by atoms with van der Waals surface area (Å²) in [6, 6.07) is 0. The summed E-state index contributed by atoms with van der Waals surface area (Å²) in [6.07, 6.45) is 4.40. The number of nitrogens with one attached hydrogen (secondary N) is 1. The predicted molar refractivity (Wildman–Crippen MR) is 55.8 cm³/mol. The summed E-state index contributed by atoms with van der Waals surface area (Å²) < 4.78 is 3.12. The molecule has 1 fully saturated rings. The zero-order valence-corrected chi connectivity index (χ0v) is 9.34. The molecule has 3 nitrogen and oxygen atoms in total. The van der Waals surface area contributed by atoms with Crippen molar-refractivity contribution >= 4 is 15.9 Å². The van der Waals surface area contributed by atoms with Gasteiger partial charge in [-0.2, -0.15) is 0 Å². The van der Waals surface area contributed by atoms with Crippen LogP contribution >= 0.6 is 15.9 Å². The molecular formula is C9H14BrN3. The van der Waals surface area contributed by atoms with Crippen molar-refractivity contribution in [1.82, 2.24) is 14.9 Å². The van der Waals surface area contributed by atoms with Gasteiger partial charge in [-0.1, -0.05) is 0 Å². The van der Waals surface area contributed by atoms with Crippen molar-refractivity contribution < 1.29 is 0 Å². The smallest absolute Gasteiger partial charge is 0.127 e. The van der Waals surface area contributed by atoms with Crippen LogP contribution in [0, 0.1) is 0 Å². The van der Waals surface area contributed by atoms with Gasteiger partial charge in [-0.15, -0.1) is 0 Å². The third-order valence-corrected chi connectivity index (χ3v) is 3.23. The average molecular weight is 244 g/mol. The fourth-order valence-electron chi connectivity index (χ4n) is 1.95. The number of aryl methyl sites for hydroxylation is 1. The molecule has 1 atom stereocenters. The van der Waals surface area contributed by atoms with Crippen LogP contribution in [0.25, 0.3) is 0 Å². The van der Waals surface area contributed by atoms with E-state index in [9.17, 15) is 0 Å². The van der Waals surface area contributed by atoms with Gasteiger partial charge in [0.2, 0.25) is 0 Å². The van der Waals surface area contributed by atoms with E-state index in [1.54, 1.807) is 0 Å². The second-order valence-corrected chi connectivity index (χ2v) is 4.33. The van der Waals surface area contributed by atoms with Crippen molar-refractivity contribution in [2.75, 3.05) is 13.1 Å². The summed E-state index contributed by atoms with van der Waals surface area (Å²) in [7, 11) is 2.06. The number of nitrogens with zero attached hydrogens (tertiary/aromatic N) is 2. The summed E-state index contributed by atoms with van der Waals surface area (Å²) in [5.74, 6) is 0.621. The number of halogens is 1. The second kappa shape index (κ2) is 3.80. The van der Waals surface area contributed by atoms with E-state index in [0.29, 0.717) is 5.92 Å². The van der Waals surface area contributed by atoms with E-state index in [1.165, 1.54) is 18.5 Å². The lowest BCUT2D eigenvalue weighted by molar-refractivity contribution is 0.446. The highest BCUT2D eigenvalue weighted by Gasteiger charge is 2.20. The Morgan fingerprint density at radius 1 is 1.69 bits per heavy atom. The van der Waals surface area contributed by atoms with Crippen LogP contribution in [0.4, 0.5) is 0 Å². The molecule has 1 unspecified atom stereocenters. The van der Waals surface area contributed by atoms with Gasteiger partial charge in [-0.3, -0.25) is 0 Å². The molecule has 0 aromatic carbocycles. The van der Waals surface area contributed by atoms with Crippen molar-refractivity contribution in [2.24, 2.45) is 7.05 Å². The molecule has 0 aliphatic carbocycles. The van der Waals surface area contributed by atoms with Crippen LogP contribution in [0.5, 0.6) is 0 Å². The molecule has 0 bridgehead atoms. The van der Waals surface area contributed by atoms with Gasteiger partial charge in [0.1, 0.15) is 4.60 Å². The molecule has 0 spiro atoms. The Kier molecular flexibility index (Phi) is 2.69. The van der Waals surface area contributed by atoms with Crippen LogP contribution in [-0.2, 0) is 7.05 Å². The highest BCUT2D eigenvalue weighted by molar-refractivity contribution is 9.10. The minimum Gasteiger partial charge on any atom is -0.336 e.